The molecular formula is C24H19F3N4O. The number of anilines is 2. The minimum absolute atomic E-state index is 0.148. The number of aryl methyl sites for hydroxylation is 2. The van der Waals surface area contributed by atoms with Crippen LogP contribution in [0.15, 0.2) is 48.8 Å². The van der Waals surface area contributed by atoms with E-state index in [1.807, 2.05) is 6.92 Å². The molecule has 0 radical (unpaired) electrons. The number of fused-ring (bicyclic) bond motifs is 1. The number of carbonyl (C=O) groups excluding carboxylic acids is 1. The highest BCUT2D eigenvalue weighted by Gasteiger charge is 2.33. The van der Waals surface area contributed by atoms with Crippen LogP contribution in [0.2, 0.25) is 0 Å². The lowest BCUT2D eigenvalue weighted by Crippen LogP contribution is -2.35. The molecule has 0 spiro atoms. The third kappa shape index (κ3) is 4.42. The number of alkyl halides is 3. The van der Waals surface area contributed by atoms with Gasteiger partial charge in [0.25, 0.3) is 5.91 Å². The second-order valence-electron chi connectivity index (χ2n) is 7.51. The fourth-order valence-corrected chi connectivity index (χ4v) is 3.55. The summed E-state index contributed by atoms with van der Waals surface area (Å²) >= 11 is 0. The van der Waals surface area contributed by atoms with Crippen molar-refractivity contribution in [3.63, 3.8) is 0 Å². The molecule has 0 fully saturated rings. The SMILES string of the molecule is Cc1ccc(C(=O)N2CCCc3ccc(C(F)(F)F)cc32)cc1C#Cc1cnc(N)nc1. The average Bonchev–Trinajstić information content (AvgIpc) is 2.78. The second kappa shape index (κ2) is 8.35. The smallest absolute Gasteiger partial charge is 0.368 e. The van der Waals surface area contributed by atoms with Crippen molar-refractivity contribution in [3.8, 4) is 11.8 Å². The molecule has 32 heavy (non-hydrogen) atoms. The van der Waals surface area contributed by atoms with Gasteiger partial charge in [-0.1, -0.05) is 24.0 Å². The highest BCUT2D eigenvalue weighted by molar-refractivity contribution is 6.07. The predicted molar refractivity (Wildman–Crippen MR) is 115 cm³/mol. The van der Waals surface area contributed by atoms with Crippen LogP contribution in [0.1, 0.15) is 44.6 Å². The van der Waals surface area contributed by atoms with Crippen molar-refractivity contribution < 1.29 is 18.0 Å². The maximum absolute atomic E-state index is 13.3. The van der Waals surface area contributed by atoms with Crippen molar-refractivity contribution in [2.75, 3.05) is 17.2 Å². The Morgan fingerprint density at radius 2 is 1.84 bits per heavy atom. The second-order valence-corrected chi connectivity index (χ2v) is 7.51. The molecule has 1 amide bonds. The summed E-state index contributed by atoms with van der Waals surface area (Å²) < 4.78 is 39.7. The van der Waals surface area contributed by atoms with Gasteiger partial charge in [0.15, 0.2) is 0 Å². The highest BCUT2D eigenvalue weighted by Crippen LogP contribution is 2.36. The zero-order valence-electron chi connectivity index (χ0n) is 17.2. The van der Waals surface area contributed by atoms with E-state index >= 15 is 0 Å². The van der Waals surface area contributed by atoms with Crippen molar-refractivity contribution in [1.29, 1.82) is 0 Å². The van der Waals surface area contributed by atoms with E-state index in [1.165, 1.54) is 23.4 Å². The van der Waals surface area contributed by atoms with Gasteiger partial charge in [0.1, 0.15) is 0 Å². The van der Waals surface area contributed by atoms with Gasteiger partial charge in [-0.2, -0.15) is 13.2 Å². The minimum atomic E-state index is -4.47. The molecule has 162 valence electrons. The molecule has 1 aliphatic rings. The predicted octanol–water partition coefficient (Wildman–Crippen LogP) is 4.38. The number of carbonyl (C=O) groups is 1. The van der Waals surface area contributed by atoms with E-state index in [9.17, 15) is 18.0 Å². The van der Waals surface area contributed by atoms with Gasteiger partial charge in [-0.15, -0.1) is 0 Å². The quantitative estimate of drug-likeness (QED) is 0.575. The summed E-state index contributed by atoms with van der Waals surface area (Å²) in [6, 6.07) is 8.67. The first-order valence-corrected chi connectivity index (χ1v) is 9.94. The van der Waals surface area contributed by atoms with Gasteiger partial charge < -0.3 is 10.6 Å². The minimum Gasteiger partial charge on any atom is -0.368 e. The van der Waals surface area contributed by atoms with Gasteiger partial charge in [-0.25, -0.2) is 9.97 Å². The number of aromatic nitrogens is 2. The largest absolute Gasteiger partial charge is 0.416 e. The number of halogens is 3. The van der Waals surface area contributed by atoms with Crippen molar-refractivity contribution >= 4 is 17.5 Å². The van der Waals surface area contributed by atoms with E-state index in [0.29, 0.717) is 41.8 Å². The first-order chi connectivity index (χ1) is 15.2. The fraction of sp³-hybridized carbons (Fsp3) is 0.208. The Balaban J connectivity index is 1.67. The first kappa shape index (κ1) is 21.4. The normalized spacial score (nSPS) is 13.2. The standard InChI is InChI=1S/C24H19F3N4O/c1-15-4-6-19(11-18(15)7-5-16-13-29-23(28)30-14-16)22(32)31-10-2-3-17-8-9-20(12-21(17)31)24(25,26)27/h4,6,8-9,11-14H,2-3,10H2,1H3,(H2,28,29,30). The molecule has 0 aliphatic carbocycles. The highest BCUT2D eigenvalue weighted by atomic mass is 19.4. The van der Waals surface area contributed by atoms with E-state index in [0.717, 1.165) is 23.3 Å². The number of amides is 1. The molecule has 8 heteroatoms. The molecular weight excluding hydrogens is 417 g/mol. The average molecular weight is 436 g/mol. The van der Waals surface area contributed by atoms with E-state index < -0.39 is 11.7 Å². The zero-order chi connectivity index (χ0) is 22.9. The molecule has 0 unspecified atom stereocenters. The Hall–Kier alpha value is -3.86. The van der Waals surface area contributed by atoms with E-state index in [1.54, 1.807) is 18.2 Å². The van der Waals surface area contributed by atoms with Crippen LogP contribution in [0, 0.1) is 18.8 Å². The van der Waals surface area contributed by atoms with E-state index in [2.05, 4.69) is 21.8 Å². The van der Waals surface area contributed by atoms with Crippen molar-refractivity contribution in [2.24, 2.45) is 0 Å². The lowest BCUT2D eigenvalue weighted by atomic mass is 9.97. The van der Waals surface area contributed by atoms with Crippen molar-refractivity contribution in [3.05, 3.63) is 82.2 Å². The topological polar surface area (TPSA) is 72.1 Å². The molecule has 5 nitrogen and oxygen atoms in total. The molecule has 1 aromatic heterocycles. The summed E-state index contributed by atoms with van der Waals surface area (Å²) in [5, 5.41) is 0. The van der Waals surface area contributed by atoms with Crippen LogP contribution in [0.5, 0.6) is 0 Å². The van der Waals surface area contributed by atoms with Gasteiger partial charge in [-0.05, 0) is 55.2 Å². The molecule has 0 saturated heterocycles. The Bertz CT molecular complexity index is 1240. The molecule has 4 rings (SSSR count). The third-order valence-electron chi connectivity index (χ3n) is 5.27. The molecule has 0 bridgehead atoms. The summed E-state index contributed by atoms with van der Waals surface area (Å²) in [5.41, 5.74) is 8.17. The number of hydrogen-bond acceptors (Lipinski definition) is 4. The van der Waals surface area contributed by atoms with Gasteiger partial charge in [0, 0.05) is 35.8 Å². The van der Waals surface area contributed by atoms with Gasteiger partial charge >= 0.3 is 6.18 Å². The Kier molecular flexibility index (Phi) is 5.57. The number of rotatable bonds is 1. The maximum Gasteiger partial charge on any atom is 0.416 e. The van der Waals surface area contributed by atoms with Crippen molar-refractivity contribution in [1.82, 2.24) is 9.97 Å². The number of nitrogen functional groups attached to an aromatic ring is 1. The fourth-order valence-electron chi connectivity index (χ4n) is 3.55. The molecule has 0 saturated carbocycles. The van der Waals surface area contributed by atoms with Crippen LogP contribution in [0.25, 0.3) is 0 Å². The molecule has 2 heterocycles. The van der Waals surface area contributed by atoms with E-state index in [-0.39, 0.29) is 11.9 Å². The summed E-state index contributed by atoms with van der Waals surface area (Å²) in [6.07, 6.45) is -0.157. The molecule has 2 N–H and O–H groups in total. The Morgan fingerprint density at radius 3 is 2.56 bits per heavy atom. The summed E-state index contributed by atoms with van der Waals surface area (Å²) in [6.45, 7) is 2.22. The summed E-state index contributed by atoms with van der Waals surface area (Å²) in [4.78, 5) is 22.5. The number of hydrogen-bond donors (Lipinski definition) is 1. The number of nitrogens with zero attached hydrogens (tertiary/aromatic N) is 3. The molecule has 3 aromatic rings. The van der Waals surface area contributed by atoms with Crippen molar-refractivity contribution in [2.45, 2.75) is 25.9 Å². The zero-order valence-corrected chi connectivity index (χ0v) is 17.2. The Morgan fingerprint density at radius 1 is 1.09 bits per heavy atom. The number of benzene rings is 2. The van der Waals surface area contributed by atoms with Crippen LogP contribution in [-0.2, 0) is 12.6 Å². The summed E-state index contributed by atoms with van der Waals surface area (Å²) in [5.74, 6) is 5.73. The van der Waals surface area contributed by atoms with Crippen LogP contribution in [0.4, 0.5) is 24.8 Å². The van der Waals surface area contributed by atoms with Crippen LogP contribution >= 0.6 is 0 Å². The molecule has 1 aliphatic heterocycles. The van der Waals surface area contributed by atoms with Crippen LogP contribution in [-0.4, -0.2) is 22.4 Å². The van der Waals surface area contributed by atoms with E-state index in [4.69, 9.17) is 5.73 Å². The van der Waals surface area contributed by atoms with Gasteiger partial charge in [0.05, 0.1) is 11.1 Å². The van der Waals surface area contributed by atoms with Gasteiger partial charge in [-0.3, -0.25) is 4.79 Å². The monoisotopic (exact) mass is 436 g/mol. The summed E-state index contributed by atoms with van der Waals surface area (Å²) in [7, 11) is 0. The Labute approximate surface area is 183 Å². The number of nitrogens with two attached hydrogens (primary N) is 1. The molecule has 0 atom stereocenters. The van der Waals surface area contributed by atoms with Crippen LogP contribution in [0.3, 0.4) is 0 Å². The maximum atomic E-state index is 13.3. The molecule has 2 aromatic carbocycles. The third-order valence-corrected chi connectivity index (χ3v) is 5.27. The van der Waals surface area contributed by atoms with Crippen LogP contribution < -0.4 is 10.6 Å². The van der Waals surface area contributed by atoms with Gasteiger partial charge in [0.2, 0.25) is 5.95 Å². The lowest BCUT2D eigenvalue weighted by Gasteiger charge is -2.30. The lowest BCUT2D eigenvalue weighted by molar-refractivity contribution is -0.137. The first-order valence-electron chi connectivity index (χ1n) is 9.94.